The lowest BCUT2D eigenvalue weighted by molar-refractivity contribution is 0.415. The fourth-order valence-electron chi connectivity index (χ4n) is 4.30. The van der Waals surface area contributed by atoms with Crippen LogP contribution < -0.4 is 15.0 Å². The molecule has 1 aliphatic rings. The molecule has 33 heavy (non-hydrogen) atoms. The standard InChI is InChI=1S/C26H32FN5O/c1-18-15-21(27)10-13-23(18)28-24-29-25(30-31(24)4)32-14-6-7-20(26(2,3)17-32)16-19-8-11-22(33-5)12-9-19/h8-13,15-16H,6-7,14,17H2,1-5H3,(H,28,29,30)/b20-16-. The third-order valence-electron chi connectivity index (χ3n) is 6.26. The molecule has 7 heteroatoms. The molecular formula is C26H32FN5O. The maximum Gasteiger partial charge on any atom is 0.246 e. The Hall–Kier alpha value is -3.35. The number of halogens is 1. The van der Waals surface area contributed by atoms with Crippen molar-refractivity contribution < 1.29 is 9.13 Å². The van der Waals surface area contributed by atoms with Crippen LogP contribution in [0.15, 0.2) is 48.0 Å². The zero-order valence-corrected chi connectivity index (χ0v) is 20.0. The van der Waals surface area contributed by atoms with Crippen molar-refractivity contribution in [2.45, 2.75) is 33.6 Å². The van der Waals surface area contributed by atoms with E-state index in [-0.39, 0.29) is 11.2 Å². The molecule has 0 aliphatic carbocycles. The number of aromatic nitrogens is 3. The Labute approximate surface area is 195 Å². The number of ether oxygens (including phenoxy) is 1. The van der Waals surface area contributed by atoms with Crippen molar-refractivity contribution in [2.75, 3.05) is 30.4 Å². The second-order valence-electron chi connectivity index (χ2n) is 9.29. The molecule has 2 heterocycles. The van der Waals surface area contributed by atoms with Gasteiger partial charge in [-0.15, -0.1) is 5.10 Å². The zero-order chi connectivity index (χ0) is 23.6. The summed E-state index contributed by atoms with van der Waals surface area (Å²) >= 11 is 0. The fraction of sp³-hybridized carbons (Fsp3) is 0.385. The first-order valence-electron chi connectivity index (χ1n) is 11.3. The molecule has 2 aromatic carbocycles. The van der Waals surface area contributed by atoms with Crippen molar-refractivity contribution in [3.63, 3.8) is 0 Å². The van der Waals surface area contributed by atoms with E-state index >= 15 is 0 Å². The van der Waals surface area contributed by atoms with E-state index in [2.05, 4.69) is 47.4 Å². The molecule has 174 valence electrons. The van der Waals surface area contributed by atoms with Gasteiger partial charge in [-0.3, -0.25) is 0 Å². The summed E-state index contributed by atoms with van der Waals surface area (Å²) in [5.41, 5.74) is 4.22. The van der Waals surface area contributed by atoms with Crippen LogP contribution in [0.25, 0.3) is 6.08 Å². The molecule has 0 unspecified atom stereocenters. The van der Waals surface area contributed by atoms with Crippen molar-refractivity contribution in [3.05, 3.63) is 65.0 Å². The molecule has 1 aliphatic heterocycles. The van der Waals surface area contributed by atoms with Crippen LogP contribution >= 0.6 is 0 Å². The number of anilines is 3. The van der Waals surface area contributed by atoms with Crippen LogP contribution in [-0.2, 0) is 7.05 Å². The average molecular weight is 450 g/mol. The van der Waals surface area contributed by atoms with Crippen LogP contribution in [0.1, 0.15) is 37.8 Å². The summed E-state index contributed by atoms with van der Waals surface area (Å²) < 4.78 is 20.5. The number of benzene rings is 2. The summed E-state index contributed by atoms with van der Waals surface area (Å²) in [5.74, 6) is 1.96. The highest BCUT2D eigenvalue weighted by Gasteiger charge is 2.31. The Kier molecular flexibility index (Phi) is 6.40. The fourth-order valence-corrected chi connectivity index (χ4v) is 4.30. The summed E-state index contributed by atoms with van der Waals surface area (Å²) in [6.45, 7) is 8.16. The Morgan fingerprint density at radius 1 is 1.15 bits per heavy atom. The summed E-state index contributed by atoms with van der Waals surface area (Å²) in [5, 5.41) is 7.96. The van der Waals surface area contributed by atoms with E-state index in [1.165, 1.54) is 23.3 Å². The minimum atomic E-state index is -0.248. The first kappa shape index (κ1) is 22.8. The number of nitrogens with zero attached hydrogens (tertiary/aromatic N) is 4. The predicted molar refractivity (Wildman–Crippen MR) is 132 cm³/mol. The molecule has 0 amide bonds. The summed E-state index contributed by atoms with van der Waals surface area (Å²) in [4.78, 5) is 7.03. The van der Waals surface area contributed by atoms with E-state index in [0.29, 0.717) is 11.9 Å². The van der Waals surface area contributed by atoms with Gasteiger partial charge in [-0.2, -0.15) is 4.98 Å². The number of nitrogens with one attached hydrogen (secondary N) is 1. The topological polar surface area (TPSA) is 55.2 Å². The van der Waals surface area contributed by atoms with Crippen molar-refractivity contribution >= 4 is 23.7 Å². The zero-order valence-electron chi connectivity index (χ0n) is 20.0. The normalized spacial score (nSPS) is 17.2. The van der Waals surface area contributed by atoms with Crippen LogP contribution in [0.5, 0.6) is 5.75 Å². The van der Waals surface area contributed by atoms with E-state index < -0.39 is 0 Å². The number of hydrogen-bond donors (Lipinski definition) is 1. The van der Waals surface area contributed by atoms with Crippen molar-refractivity contribution in [1.82, 2.24) is 14.8 Å². The molecule has 0 radical (unpaired) electrons. The first-order chi connectivity index (χ1) is 15.7. The van der Waals surface area contributed by atoms with Crippen LogP contribution in [-0.4, -0.2) is 35.0 Å². The van der Waals surface area contributed by atoms with Crippen molar-refractivity contribution in [3.8, 4) is 5.75 Å². The number of hydrogen-bond acceptors (Lipinski definition) is 5. The molecule has 0 atom stereocenters. The molecule has 0 saturated carbocycles. The highest BCUT2D eigenvalue weighted by molar-refractivity contribution is 5.60. The summed E-state index contributed by atoms with van der Waals surface area (Å²) in [6, 6.07) is 12.9. The molecule has 4 rings (SSSR count). The highest BCUT2D eigenvalue weighted by Crippen LogP contribution is 2.36. The van der Waals surface area contributed by atoms with Gasteiger partial charge >= 0.3 is 0 Å². The van der Waals surface area contributed by atoms with E-state index in [1.54, 1.807) is 17.9 Å². The van der Waals surface area contributed by atoms with Gasteiger partial charge in [0.15, 0.2) is 0 Å². The van der Waals surface area contributed by atoms with Crippen LogP contribution in [0.4, 0.5) is 22.0 Å². The minimum absolute atomic E-state index is 0.0310. The SMILES string of the molecule is COc1ccc(/C=C2/CCCN(c3nc(Nc4ccc(F)cc4C)n(C)n3)CC2(C)C)cc1. The lowest BCUT2D eigenvalue weighted by atomic mass is 9.81. The first-order valence-corrected chi connectivity index (χ1v) is 11.3. The van der Waals surface area contributed by atoms with Gasteiger partial charge in [0.05, 0.1) is 7.11 Å². The Balaban J connectivity index is 1.53. The minimum Gasteiger partial charge on any atom is -0.497 e. The Morgan fingerprint density at radius 3 is 2.61 bits per heavy atom. The molecule has 1 N–H and O–H groups in total. The summed E-state index contributed by atoms with van der Waals surface area (Å²) in [6.07, 6.45) is 4.37. The average Bonchev–Trinajstić information content (AvgIpc) is 3.07. The lowest BCUT2D eigenvalue weighted by Crippen LogP contribution is -2.34. The van der Waals surface area contributed by atoms with Gasteiger partial charge in [0.2, 0.25) is 11.9 Å². The molecule has 1 saturated heterocycles. The van der Waals surface area contributed by atoms with E-state index in [4.69, 9.17) is 9.72 Å². The second-order valence-corrected chi connectivity index (χ2v) is 9.29. The molecular weight excluding hydrogens is 417 g/mol. The third kappa shape index (κ3) is 5.18. The van der Waals surface area contributed by atoms with Crippen molar-refractivity contribution in [2.24, 2.45) is 12.5 Å². The second kappa shape index (κ2) is 9.25. The van der Waals surface area contributed by atoms with Gasteiger partial charge in [-0.1, -0.05) is 37.6 Å². The van der Waals surface area contributed by atoms with E-state index in [9.17, 15) is 4.39 Å². The maximum absolute atomic E-state index is 13.4. The molecule has 1 fully saturated rings. The summed E-state index contributed by atoms with van der Waals surface area (Å²) in [7, 11) is 3.56. The van der Waals surface area contributed by atoms with Gasteiger partial charge in [0, 0.05) is 31.2 Å². The van der Waals surface area contributed by atoms with Crippen LogP contribution in [0.2, 0.25) is 0 Å². The third-order valence-corrected chi connectivity index (χ3v) is 6.26. The maximum atomic E-state index is 13.4. The van der Waals surface area contributed by atoms with Gasteiger partial charge in [-0.25, -0.2) is 9.07 Å². The van der Waals surface area contributed by atoms with Crippen molar-refractivity contribution in [1.29, 1.82) is 0 Å². The van der Waals surface area contributed by atoms with E-state index in [0.717, 1.165) is 42.9 Å². The van der Waals surface area contributed by atoms with Crippen LogP contribution in [0.3, 0.4) is 0 Å². The molecule has 0 spiro atoms. The monoisotopic (exact) mass is 449 g/mol. The number of methoxy groups -OCH3 is 1. The predicted octanol–water partition coefficient (Wildman–Crippen LogP) is 5.72. The molecule has 1 aromatic heterocycles. The Bertz CT molecular complexity index is 1150. The molecule has 3 aromatic rings. The van der Waals surface area contributed by atoms with E-state index in [1.807, 2.05) is 26.1 Å². The number of rotatable bonds is 5. The van der Waals surface area contributed by atoms with Gasteiger partial charge in [0.25, 0.3) is 0 Å². The van der Waals surface area contributed by atoms with Crippen LogP contribution in [0, 0.1) is 18.2 Å². The van der Waals surface area contributed by atoms with Gasteiger partial charge in [-0.05, 0) is 61.2 Å². The largest absolute Gasteiger partial charge is 0.497 e. The lowest BCUT2D eigenvalue weighted by Gasteiger charge is -2.30. The van der Waals surface area contributed by atoms with Gasteiger partial charge < -0.3 is 15.0 Å². The molecule has 0 bridgehead atoms. The number of aryl methyl sites for hydroxylation is 2. The molecule has 6 nitrogen and oxygen atoms in total. The highest BCUT2D eigenvalue weighted by atomic mass is 19.1. The Morgan fingerprint density at radius 2 is 1.91 bits per heavy atom. The smallest absolute Gasteiger partial charge is 0.246 e. The van der Waals surface area contributed by atoms with Gasteiger partial charge in [0.1, 0.15) is 11.6 Å². The quantitative estimate of drug-likeness (QED) is 0.540.